The number of hydrogen-bond acceptors (Lipinski definition) is 4. The molecule has 0 saturated carbocycles. The zero-order chi connectivity index (χ0) is 14.1. The number of nitrogens with one attached hydrogen (secondary N) is 1. The third-order valence-corrected chi connectivity index (χ3v) is 2.89. The molecule has 1 aromatic carbocycles. The van der Waals surface area contributed by atoms with Crippen molar-refractivity contribution >= 4 is 0 Å². The van der Waals surface area contributed by atoms with E-state index in [-0.39, 0.29) is 6.10 Å². The molecule has 1 unspecified atom stereocenters. The van der Waals surface area contributed by atoms with Crippen LogP contribution in [0, 0.1) is 0 Å². The summed E-state index contributed by atoms with van der Waals surface area (Å²) < 4.78 is 16.2. The van der Waals surface area contributed by atoms with Crippen molar-refractivity contribution in [1.82, 2.24) is 5.32 Å². The van der Waals surface area contributed by atoms with E-state index >= 15 is 0 Å². The molecule has 0 aliphatic rings. The standard InChI is InChI=1S/C15H25NO3/c1-5-8-16-10-13-9-14(18-4)6-7-15(13)19-11-12(2)17-3/h6-7,9,12,16H,5,8,10-11H2,1-4H3. The maximum absolute atomic E-state index is 5.80. The van der Waals surface area contributed by atoms with Crippen LogP contribution in [0.4, 0.5) is 0 Å². The maximum Gasteiger partial charge on any atom is 0.124 e. The highest BCUT2D eigenvalue weighted by Crippen LogP contribution is 2.24. The lowest BCUT2D eigenvalue weighted by Crippen LogP contribution is -2.18. The summed E-state index contributed by atoms with van der Waals surface area (Å²) in [7, 11) is 3.36. The topological polar surface area (TPSA) is 39.7 Å². The van der Waals surface area contributed by atoms with Crippen molar-refractivity contribution in [3.05, 3.63) is 23.8 Å². The molecule has 0 amide bonds. The molecular formula is C15H25NO3. The molecule has 0 aromatic heterocycles. The Morgan fingerprint density at radius 2 is 2.05 bits per heavy atom. The number of methoxy groups -OCH3 is 2. The van der Waals surface area contributed by atoms with Crippen molar-refractivity contribution in [2.24, 2.45) is 0 Å². The second kappa shape index (κ2) is 8.77. The quantitative estimate of drug-likeness (QED) is 0.698. The Labute approximate surface area is 116 Å². The molecule has 1 rings (SSSR count). The smallest absolute Gasteiger partial charge is 0.124 e. The van der Waals surface area contributed by atoms with Crippen LogP contribution in [0.15, 0.2) is 18.2 Å². The Kier molecular flexibility index (Phi) is 7.30. The van der Waals surface area contributed by atoms with Crippen LogP contribution in [-0.2, 0) is 11.3 Å². The van der Waals surface area contributed by atoms with Gasteiger partial charge in [0.2, 0.25) is 0 Å². The normalized spacial score (nSPS) is 12.2. The van der Waals surface area contributed by atoms with Gasteiger partial charge in [-0.2, -0.15) is 0 Å². The van der Waals surface area contributed by atoms with Crippen molar-refractivity contribution in [1.29, 1.82) is 0 Å². The van der Waals surface area contributed by atoms with Crippen LogP contribution in [0.2, 0.25) is 0 Å². The summed E-state index contributed by atoms with van der Waals surface area (Å²) in [5.74, 6) is 1.73. The predicted molar refractivity (Wildman–Crippen MR) is 77.0 cm³/mol. The van der Waals surface area contributed by atoms with Crippen LogP contribution >= 0.6 is 0 Å². The van der Waals surface area contributed by atoms with E-state index < -0.39 is 0 Å². The molecule has 108 valence electrons. The van der Waals surface area contributed by atoms with Crippen LogP contribution in [-0.4, -0.2) is 33.5 Å². The fourth-order valence-corrected chi connectivity index (χ4v) is 1.64. The van der Waals surface area contributed by atoms with Crippen LogP contribution in [0.5, 0.6) is 11.5 Å². The summed E-state index contributed by atoms with van der Waals surface area (Å²) in [6.45, 7) is 6.45. The van der Waals surface area contributed by atoms with Crippen LogP contribution in [0.1, 0.15) is 25.8 Å². The number of rotatable bonds is 9. The molecule has 0 radical (unpaired) electrons. The highest BCUT2D eigenvalue weighted by Gasteiger charge is 2.07. The van der Waals surface area contributed by atoms with Gasteiger partial charge < -0.3 is 19.5 Å². The lowest BCUT2D eigenvalue weighted by Gasteiger charge is -2.16. The van der Waals surface area contributed by atoms with Crippen LogP contribution < -0.4 is 14.8 Å². The molecular weight excluding hydrogens is 242 g/mol. The number of ether oxygens (including phenoxy) is 3. The summed E-state index contributed by atoms with van der Waals surface area (Å²) in [5.41, 5.74) is 1.11. The molecule has 0 bridgehead atoms. The third kappa shape index (κ3) is 5.49. The number of hydrogen-bond donors (Lipinski definition) is 1. The predicted octanol–water partition coefficient (Wildman–Crippen LogP) is 2.61. The van der Waals surface area contributed by atoms with Gasteiger partial charge in [0.1, 0.15) is 18.1 Å². The van der Waals surface area contributed by atoms with Crippen LogP contribution in [0.25, 0.3) is 0 Å². The lowest BCUT2D eigenvalue weighted by molar-refractivity contribution is 0.0712. The van der Waals surface area contributed by atoms with Crippen molar-refractivity contribution in [2.45, 2.75) is 32.9 Å². The van der Waals surface area contributed by atoms with Crippen molar-refractivity contribution in [3.63, 3.8) is 0 Å². The fourth-order valence-electron chi connectivity index (χ4n) is 1.64. The van der Waals surface area contributed by atoms with Gasteiger partial charge in [0.15, 0.2) is 0 Å². The van der Waals surface area contributed by atoms with E-state index in [0.29, 0.717) is 6.61 Å². The first kappa shape index (κ1) is 15.8. The molecule has 0 spiro atoms. The lowest BCUT2D eigenvalue weighted by atomic mass is 10.2. The zero-order valence-electron chi connectivity index (χ0n) is 12.4. The van der Waals surface area contributed by atoms with Gasteiger partial charge >= 0.3 is 0 Å². The van der Waals surface area contributed by atoms with E-state index in [1.54, 1.807) is 14.2 Å². The van der Waals surface area contributed by atoms with Gasteiger partial charge in [0.05, 0.1) is 13.2 Å². The first-order valence-electron chi connectivity index (χ1n) is 6.74. The molecule has 1 atom stereocenters. The van der Waals surface area contributed by atoms with Gasteiger partial charge in [0, 0.05) is 19.2 Å². The van der Waals surface area contributed by atoms with Crippen molar-refractivity contribution in [2.75, 3.05) is 27.4 Å². The molecule has 4 nitrogen and oxygen atoms in total. The molecule has 0 aliphatic carbocycles. The molecule has 4 heteroatoms. The average Bonchev–Trinajstić information content (AvgIpc) is 2.45. The summed E-state index contributed by atoms with van der Waals surface area (Å²) in [5, 5.41) is 3.38. The summed E-state index contributed by atoms with van der Waals surface area (Å²) >= 11 is 0. The molecule has 19 heavy (non-hydrogen) atoms. The molecule has 1 aromatic rings. The average molecular weight is 267 g/mol. The Morgan fingerprint density at radius 3 is 2.68 bits per heavy atom. The Morgan fingerprint density at radius 1 is 1.26 bits per heavy atom. The van der Waals surface area contributed by atoms with E-state index in [1.165, 1.54) is 0 Å². The van der Waals surface area contributed by atoms with Crippen LogP contribution in [0.3, 0.4) is 0 Å². The van der Waals surface area contributed by atoms with Crippen molar-refractivity contribution in [3.8, 4) is 11.5 Å². The van der Waals surface area contributed by atoms with Crippen molar-refractivity contribution < 1.29 is 14.2 Å². The van der Waals surface area contributed by atoms with Gasteiger partial charge in [-0.1, -0.05) is 6.92 Å². The monoisotopic (exact) mass is 267 g/mol. The maximum atomic E-state index is 5.80. The molecule has 0 aliphatic heterocycles. The van der Waals surface area contributed by atoms with E-state index in [9.17, 15) is 0 Å². The molecule has 0 saturated heterocycles. The number of benzene rings is 1. The molecule has 1 N–H and O–H groups in total. The van der Waals surface area contributed by atoms with E-state index in [1.807, 2.05) is 25.1 Å². The van der Waals surface area contributed by atoms with Gasteiger partial charge in [-0.15, -0.1) is 0 Å². The van der Waals surface area contributed by atoms with E-state index in [0.717, 1.165) is 36.6 Å². The second-order valence-electron chi connectivity index (χ2n) is 4.51. The first-order chi connectivity index (χ1) is 9.21. The Bertz CT molecular complexity index is 368. The Hall–Kier alpha value is -1.26. The first-order valence-corrected chi connectivity index (χ1v) is 6.74. The largest absolute Gasteiger partial charge is 0.497 e. The van der Waals surface area contributed by atoms with E-state index in [2.05, 4.69) is 12.2 Å². The molecule has 0 fully saturated rings. The molecule has 0 heterocycles. The minimum Gasteiger partial charge on any atom is -0.497 e. The zero-order valence-corrected chi connectivity index (χ0v) is 12.4. The highest BCUT2D eigenvalue weighted by atomic mass is 16.5. The van der Waals surface area contributed by atoms with Gasteiger partial charge in [-0.05, 0) is 38.1 Å². The second-order valence-corrected chi connectivity index (χ2v) is 4.51. The minimum absolute atomic E-state index is 0.0820. The van der Waals surface area contributed by atoms with E-state index in [4.69, 9.17) is 14.2 Å². The van der Waals surface area contributed by atoms with Gasteiger partial charge in [-0.25, -0.2) is 0 Å². The minimum atomic E-state index is 0.0820. The summed E-state index contributed by atoms with van der Waals surface area (Å²) in [4.78, 5) is 0. The van der Waals surface area contributed by atoms with Gasteiger partial charge in [-0.3, -0.25) is 0 Å². The van der Waals surface area contributed by atoms with Gasteiger partial charge in [0.25, 0.3) is 0 Å². The third-order valence-electron chi connectivity index (χ3n) is 2.89. The Balaban J connectivity index is 2.70. The fraction of sp³-hybridized carbons (Fsp3) is 0.600. The summed E-state index contributed by atoms with van der Waals surface area (Å²) in [6, 6.07) is 5.87. The SMILES string of the molecule is CCCNCc1cc(OC)ccc1OCC(C)OC. The highest BCUT2D eigenvalue weighted by molar-refractivity contribution is 5.40. The summed E-state index contributed by atoms with van der Waals surface area (Å²) in [6.07, 6.45) is 1.19.